The average molecular weight is 242 g/mol. The summed E-state index contributed by atoms with van der Waals surface area (Å²) in [7, 11) is 0. The fourth-order valence-electron chi connectivity index (χ4n) is 1.10. The van der Waals surface area contributed by atoms with Gasteiger partial charge in [0.25, 0.3) is 0 Å². The first kappa shape index (κ1) is 15.6. The molecule has 0 heterocycles. The molecule has 0 rings (SSSR count). The SMILES string of the molecule is CC/C(N)=C/N(N)CCNCCN/C=C(/C)N. The Labute approximate surface area is 104 Å². The van der Waals surface area contributed by atoms with Crippen LogP contribution >= 0.6 is 0 Å². The second kappa shape index (κ2) is 9.80. The number of nitrogens with zero attached hydrogens (tertiary/aromatic N) is 1. The van der Waals surface area contributed by atoms with Crippen molar-refractivity contribution in [3.05, 3.63) is 23.8 Å². The van der Waals surface area contributed by atoms with Gasteiger partial charge in [-0.1, -0.05) is 6.92 Å². The molecule has 6 heteroatoms. The van der Waals surface area contributed by atoms with E-state index in [0.29, 0.717) is 0 Å². The van der Waals surface area contributed by atoms with E-state index in [1.165, 1.54) is 0 Å². The maximum atomic E-state index is 5.73. The molecule has 100 valence electrons. The Morgan fingerprint density at radius 1 is 1.24 bits per heavy atom. The molecule has 0 atom stereocenters. The molecule has 0 saturated carbocycles. The van der Waals surface area contributed by atoms with Crippen molar-refractivity contribution in [2.24, 2.45) is 17.3 Å². The standard InChI is InChI=1S/C11H26N6/c1-3-11(13)9-17(14)7-6-15-4-5-16-8-10(2)12/h8-9,15-16H,3-7,12-14H2,1-2H3/b10-8-,11-9-. The van der Waals surface area contributed by atoms with Crippen LogP contribution in [-0.2, 0) is 0 Å². The van der Waals surface area contributed by atoms with E-state index in [-0.39, 0.29) is 0 Å². The molecule has 0 aliphatic heterocycles. The minimum Gasteiger partial charge on any atom is -0.401 e. The maximum absolute atomic E-state index is 5.73. The molecule has 17 heavy (non-hydrogen) atoms. The fourth-order valence-corrected chi connectivity index (χ4v) is 1.10. The Bertz CT molecular complexity index is 244. The lowest BCUT2D eigenvalue weighted by atomic mass is 10.4. The van der Waals surface area contributed by atoms with Gasteiger partial charge in [0, 0.05) is 50.0 Å². The van der Waals surface area contributed by atoms with Gasteiger partial charge in [-0.2, -0.15) is 0 Å². The molecule has 8 N–H and O–H groups in total. The van der Waals surface area contributed by atoms with Crippen LogP contribution in [0.25, 0.3) is 0 Å². The molecule has 0 saturated heterocycles. The Balaban J connectivity index is 3.43. The summed E-state index contributed by atoms with van der Waals surface area (Å²) >= 11 is 0. The first-order valence-electron chi connectivity index (χ1n) is 5.90. The van der Waals surface area contributed by atoms with Crippen LogP contribution in [0.3, 0.4) is 0 Å². The van der Waals surface area contributed by atoms with Crippen LogP contribution in [0.15, 0.2) is 23.8 Å². The minimum atomic E-state index is 0.729. The van der Waals surface area contributed by atoms with Gasteiger partial charge in [-0.15, -0.1) is 0 Å². The molecule has 0 spiro atoms. The molecule has 0 aromatic carbocycles. The summed E-state index contributed by atoms with van der Waals surface area (Å²) < 4.78 is 0. The van der Waals surface area contributed by atoms with Crippen molar-refractivity contribution >= 4 is 0 Å². The Morgan fingerprint density at radius 3 is 2.53 bits per heavy atom. The predicted octanol–water partition coefficient (Wildman–Crippen LogP) is -0.629. The second-order valence-corrected chi connectivity index (χ2v) is 3.89. The summed E-state index contributed by atoms with van der Waals surface area (Å²) in [6.07, 6.45) is 4.37. The zero-order chi connectivity index (χ0) is 13.1. The van der Waals surface area contributed by atoms with E-state index in [1.807, 2.05) is 13.8 Å². The van der Waals surface area contributed by atoms with Gasteiger partial charge in [-0.05, 0) is 13.3 Å². The van der Waals surface area contributed by atoms with Crippen molar-refractivity contribution in [3.63, 3.8) is 0 Å². The van der Waals surface area contributed by atoms with Crippen LogP contribution in [0.1, 0.15) is 20.3 Å². The second-order valence-electron chi connectivity index (χ2n) is 3.89. The summed E-state index contributed by atoms with van der Waals surface area (Å²) in [6, 6.07) is 0. The van der Waals surface area contributed by atoms with Gasteiger partial charge in [-0.3, -0.25) is 0 Å². The highest BCUT2D eigenvalue weighted by Crippen LogP contribution is 1.90. The lowest BCUT2D eigenvalue weighted by molar-refractivity contribution is 0.383. The Hall–Kier alpha value is -1.40. The number of nitrogens with two attached hydrogens (primary N) is 3. The van der Waals surface area contributed by atoms with Gasteiger partial charge in [-0.25, -0.2) is 5.84 Å². The highest BCUT2D eigenvalue weighted by atomic mass is 15.4. The largest absolute Gasteiger partial charge is 0.401 e. The van der Waals surface area contributed by atoms with Crippen LogP contribution in [0.4, 0.5) is 0 Å². The first-order chi connectivity index (χ1) is 8.06. The van der Waals surface area contributed by atoms with E-state index >= 15 is 0 Å². The third-order valence-corrected chi connectivity index (χ3v) is 2.06. The van der Waals surface area contributed by atoms with E-state index in [9.17, 15) is 0 Å². The smallest absolute Gasteiger partial charge is 0.0461 e. The number of hydrogen-bond acceptors (Lipinski definition) is 6. The number of hydrogen-bond donors (Lipinski definition) is 5. The highest BCUT2D eigenvalue weighted by molar-refractivity contribution is 4.93. The van der Waals surface area contributed by atoms with Gasteiger partial charge in [0.1, 0.15) is 0 Å². The van der Waals surface area contributed by atoms with E-state index in [4.69, 9.17) is 17.3 Å². The van der Waals surface area contributed by atoms with Crippen molar-refractivity contribution in [1.82, 2.24) is 15.6 Å². The van der Waals surface area contributed by atoms with Gasteiger partial charge in [0.2, 0.25) is 0 Å². The van der Waals surface area contributed by atoms with Gasteiger partial charge < -0.3 is 27.1 Å². The summed E-state index contributed by atoms with van der Waals surface area (Å²) in [4.78, 5) is 0. The van der Waals surface area contributed by atoms with E-state index < -0.39 is 0 Å². The van der Waals surface area contributed by atoms with Crippen LogP contribution in [0.2, 0.25) is 0 Å². The molecule has 0 aliphatic carbocycles. The quantitative estimate of drug-likeness (QED) is 0.209. The average Bonchev–Trinajstić information content (AvgIpc) is 2.27. The number of rotatable bonds is 9. The normalized spacial score (nSPS) is 12.6. The van der Waals surface area contributed by atoms with Crippen LogP contribution in [0.5, 0.6) is 0 Å². The van der Waals surface area contributed by atoms with Gasteiger partial charge in [0.15, 0.2) is 0 Å². The number of allylic oxidation sites excluding steroid dienone is 2. The zero-order valence-electron chi connectivity index (χ0n) is 10.9. The van der Waals surface area contributed by atoms with E-state index in [1.54, 1.807) is 17.4 Å². The molecule has 0 bridgehead atoms. The predicted molar refractivity (Wildman–Crippen MR) is 72.3 cm³/mol. The summed E-state index contributed by atoms with van der Waals surface area (Å²) in [5.74, 6) is 5.73. The lowest BCUT2D eigenvalue weighted by Crippen LogP contribution is -2.36. The monoisotopic (exact) mass is 242 g/mol. The summed E-state index contributed by atoms with van der Waals surface area (Å²) in [6.45, 7) is 7.09. The molecular formula is C11H26N6. The molecular weight excluding hydrogens is 216 g/mol. The van der Waals surface area contributed by atoms with Crippen molar-refractivity contribution in [2.75, 3.05) is 26.2 Å². The third kappa shape index (κ3) is 10.9. The molecule has 0 fully saturated rings. The van der Waals surface area contributed by atoms with E-state index in [0.717, 1.165) is 44.0 Å². The van der Waals surface area contributed by atoms with Crippen molar-refractivity contribution < 1.29 is 0 Å². The molecule has 0 aliphatic rings. The number of hydrazine groups is 1. The van der Waals surface area contributed by atoms with Crippen LogP contribution in [0, 0.1) is 0 Å². The lowest BCUT2D eigenvalue weighted by Gasteiger charge is -2.15. The molecule has 6 nitrogen and oxygen atoms in total. The first-order valence-corrected chi connectivity index (χ1v) is 5.90. The summed E-state index contributed by atoms with van der Waals surface area (Å²) in [5.41, 5.74) is 12.7. The highest BCUT2D eigenvalue weighted by Gasteiger charge is 1.93. The van der Waals surface area contributed by atoms with Gasteiger partial charge in [0.05, 0.1) is 0 Å². The molecule has 0 amide bonds. The molecule has 0 aromatic heterocycles. The Morgan fingerprint density at radius 2 is 1.94 bits per heavy atom. The summed E-state index contributed by atoms with van der Waals surface area (Å²) in [5, 5.41) is 7.95. The van der Waals surface area contributed by atoms with Crippen molar-refractivity contribution in [1.29, 1.82) is 0 Å². The number of nitrogens with one attached hydrogen (secondary N) is 2. The molecule has 0 aromatic rings. The van der Waals surface area contributed by atoms with Crippen molar-refractivity contribution in [2.45, 2.75) is 20.3 Å². The Kier molecular flexibility index (Phi) is 8.99. The van der Waals surface area contributed by atoms with Crippen molar-refractivity contribution in [3.8, 4) is 0 Å². The fraction of sp³-hybridized carbons (Fsp3) is 0.636. The zero-order valence-corrected chi connectivity index (χ0v) is 10.9. The van der Waals surface area contributed by atoms with Gasteiger partial charge >= 0.3 is 0 Å². The minimum absolute atomic E-state index is 0.729. The van der Waals surface area contributed by atoms with E-state index in [2.05, 4.69) is 10.6 Å². The maximum Gasteiger partial charge on any atom is 0.0461 e. The third-order valence-electron chi connectivity index (χ3n) is 2.06. The molecule has 0 radical (unpaired) electrons. The van der Waals surface area contributed by atoms with Crippen LogP contribution in [-0.4, -0.2) is 31.2 Å². The topological polar surface area (TPSA) is 105 Å². The van der Waals surface area contributed by atoms with Crippen LogP contribution < -0.4 is 27.9 Å². The molecule has 0 unspecified atom stereocenters.